The summed E-state index contributed by atoms with van der Waals surface area (Å²) >= 11 is 0. The summed E-state index contributed by atoms with van der Waals surface area (Å²) in [5.41, 5.74) is 3.78. The fourth-order valence-corrected chi connectivity index (χ4v) is 3.99. The van der Waals surface area contributed by atoms with Crippen molar-refractivity contribution in [2.24, 2.45) is 0 Å². The summed E-state index contributed by atoms with van der Waals surface area (Å²) in [5, 5.41) is 21.8. The zero-order valence-corrected chi connectivity index (χ0v) is 17.6. The molecule has 33 heavy (non-hydrogen) atoms. The van der Waals surface area contributed by atoms with Crippen LogP contribution in [0.4, 0.5) is 11.4 Å². The van der Waals surface area contributed by atoms with Crippen LogP contribution in [0.1, 0.15) is 35.4 Å². The number of hydrogen-bond acceptors (Lipinski definition) is 5. The molecule has 0 amide bonds. The van der Waals surface area contributed by atoms with Crippen LogP contribution in [0.2, 0.25) is 0 Å². The van der Waals surface area contributed by atoms with Crippen LogP contribution in [0.25, 0.3) is 12.2 Å². The third-order valence-electron chi connectivity index (χ3n) is 5.68. The normalized spacial score (nSPS) is 18.4. The highest BCUT2D eigenvalue weighted by Crippen LogP contribution is 2.38. The molecule has 7 nitrogen and oxygen atoms in total. The lowest BCUT2D eigenvalue weighted by Gasteiger charge is -2.26. The lowest BCUT2D eigenvalue weighted by Crippen LogP contribution is -2.19. The van der Waals surface area contributed by atoms with Crippen LogP contribution in [0, 0.1) is 20.2 Å². The molecule has 0 aromatic heterocycles. The van der Waals surface area contributed by atoms with Crippen LogP contribution in [0.3, 0.4) is 0 Å². The molecule has 0 N–H and O–H groups in total. The fourth-order valence-electron chi connectivity index (χ4n) is 3.99. The molecule has 0 bridgehead atoms. The highest BCUT2D eigenvalue weighted by atomic mass is 16.6. The van der Waals surface area contributed by atoms with Crippen LogP contribution >= 0.6 is 0 Å². The van der Waals surface area contributed by atoms with E-state index >= 15 is 0 Å². The van der Waals surface area contributed by atoms with Crippen molar-refractivity contribution in [3.05, 3.63) is 127 Å². The van der Waals surface area contributed by atoms with Gasteiger partial charge in [0.25, 0.3) is 11.4 Å². The van der Waals surface area contributed by atoms with Crippen LogP contribution in [0.5, 0.6) is 0 Å². The minimum Gasteiger partial charge on any atom is -0.289 e. The van der Waals surface area contributed by atoms with Gasteiger partial charge in [-0.25, -0.2) is 0 Å². The zero-order chi connectivity index (χ0) is 23.4. The smallest absolute Gasteiger partial charge is 0.269 e. The van der Waals surface area contributed by atoms with Crippen LogP contribution in [0.15, 0.2) is 90.0 Å². The van der Waals surface area contributed by atoms with Crippen molar-refractivity contribution in [3.8, 4) is 0 Å². The summed E-state index contributed by atoms with van der Waals surface area (Å²) < 4.78 is 0. The summed E-state index contributed by atoms with van der Waals surface area (Å²) in [4.78, 5) is 34.2. The number of benzene rings is 3. The van der Waals surface area contributed by atoms with E-state index in [9.17, 15) is 25.0 Å². The SMILES string of the molecule is O=C1/C(=C/c2ccc([N+](=O)[O-])cc2)CC(c2ccccc2)C/C1=C\c1ccc([N+](=O)[O-])cc1. The molecule has 0 radical (unpaired) electrons. The molecule has 1 fully saturated rings. The first-order valence-corrected chi connectivity index (χ1v) is 10.4. The second kappa shape index (κ2) is 9.40. The van der Waals surface area contributed by atoms with Crippen molar-refractivity contribution in [1.82, 2.24) is 0 Å². The van der Waals surface area contributed by atoms with E-state index < -0.39 is 9.85 Å². The number of nitro groups is 2. The number of rotatable bonds is 5. The molecule has 3 aromatic carbocycles. The Morgan fingerprint density at radius 1 is 0.667 bits per heavy atom. The van der Waals surface area contributed by atoms with Gasteiger partial charge >= 0.3 is 0 Å². The van der Waals surface area contributed by atoms with Gasteiger partial charge in [-0.15, -0.1) is 0 Å². The zero-order valence-electron chi connectivity index (χ0n) is 17.6. The van der Waals surface area contributed by atoms with Crippen molar-refractivity contribution in [2.45, 2.75) is 18.8 Å². The summed E-state index contributed by atoms with van der Waals surface area (Å²) in [6.45, 7) is 0. The molecular weight excluding hydrogens is 420 g/mol. The Hall–Kier alpha value is -4.39. The maximum absolute atomic E-state index is 13.3. The molecule has 0 atom stereocenters. The highest BCUT2D eigenvalue weighted by molar-refractivity contribution is 6.14. The number of non-ortho nitro benzene ring substituents is 2. The van der Waals surface area contributed by atoms with Gasteiger partial charge in [-0.2, -0.15) is 0 Å². The Morgan fingerprint density at radius 2 is 1.09 bits per heavy atom. The number of carbonyl (C=O) groups excluding carboxylic acids is 1. The quantitative estimate of drug-likeness (QED) is 0.270. The van der Waals surface area contributed by atoms with Gasteiger partial charge in [-0.1, -0.05) is 30.3 Å². The minimum absolute atomic E-state index is 0.00645. The van der Waals surface area contributed by atoms with Gasteiger partial charge < -0.3 is 0 Å². The van der Waals surface area contributed by atoms with Crippen molar-refractivity contribution >= 4 is 29.3 Å². The van der Waals surface area contributed by atoms with E-state index in [1.165, 1.54) is 24.3 Å². The van der Waals surface area contributed by atoms with E-state index in [1.807, 2.05) is 30.3 Å². The topological polar surface area (TPSA) is 103 Å². The largest absolute Gasteiger partial charge is 0.289 e. The second-order valence-electron chi connectivity index (χ2n) is 7.88. The number of Topliss-reactive ketones (excluding diaryl/α,β-unsaturated/α-hetero) is 1. The van der Waals surface area contributed by atoms with E-state index in [-0.39, 0.29) is 23.1 Å². The predicted octanol–water partition coefficient (Wildman–Crippen LogP) is 6.12. The average molecular weight is 440 g/mol. The Labute approximate surface area is 190 Å². The first-order valence-electron chi connectivity index (χ1n) is 10.4. The maximum Gasteiger partial charge on any atom is 0.269 e. The molecule has 1 aliphatic carbocycles. The third-order valence-corrected chi connectivity index (χ3v) is 5.68. The summed E-state index contributed by atoms with van der Waals surface area (Å²) in [7, 11) is 0. The van der Waals surface area contributed by atoms with E-state index in [0.717, 1.165) is 5.56 Å². The van der Waals surface area contributed by atoms with Gasteiger partial charge in [-0.3, -0.25) is 25.0 Å². The Balaban J connectivity index is 1.70. The summed E-state index contributed by atoms with van der Waals surface area (Å²) in [6, 6.07) is 22.1. The number of hydrogen-bond donors (Lipinski definition) is 0. The fraction of sp³-hybridized carbons (Fsp3) is 0.115. The first-order chi connectivity index (χ1) is 15.9. The molecule has 0 saturated heterocycles. The molecule has 7 heteroatoms. The lowest BCUT2D eigenvalue weighted by atomic mass is 9.77. The van der Waals surface area contributed by atoms with Gasteiger partial charge in [0.05, 0.1) is 9.85 Å². The Morgan fingerprint density at radius 3 is 1.48 bits per heavy atom. The number of nitro benzene ring substituents is 2. The van der Waals surface area contributed by atoms with Crippen molar-refractivity contribution < 1.29 is 14.6 Å². The molecule has 0 spiro atoms. The van der Waals surface area contributed by atoms with Gasteiger partial charge in [0.1, 0.15) is 0 Å². The molecule has 164 valence electrons. The van der Waals surface area contributed by atoms with Gasteiger partial charge in [0.2, 0.25) is 0 Å². The lowest BCUT2D eigenvalue weighted by molar-refractivity contribution is -0.385. The second-order valence-corrected chi connectivity index (χ2v) is 7.88. The molecular formula is C26H20N2O5. The van der Waals surface area contributed by atoms with E-state index in [1.54, 1.807) is 36.4 Å². The Bertz CT molecular complexity index is 1180. The van der Waals surface area contributed by atoms with E-state index in [4.69, 9.17) is 0 Å². The van der Waals surface area contributed by atoms with Gasteiger partial charge in [-0.05, 0) is 71.9 Å². The molecule has 1 saturated carbocycles. The maximum atomic E-state index is 13.3. The number of ketones is 1. The van der Waals surface area contributed by atoms with Gasteiger partial charge in [0, 0.05) is 35.4 Å². The molecule has 0 aliphatic heterocycles. The van der Waals surface area contributed by atoms with Crippen molar-refractivity contribution in [1.29, 1.82) is 0 Å². The first kappa shape index (κ1) is 21.8. The number of nitrogens with zero attached hydrogens (tertiary/aromatic N) is 2. The van der Waals surface area contributed by atoms with Crippen LogP contribution in [-0.4, -0.2) is 15.6 Å². The molecule has 0 heterocycles. The van der Waals surface area contributed by atoms with Crippen molar-refractivity contribution in [3.63, 3.8) is 0 Å². The van der Waals surface area contributed by atoms with E-state index in [2.05, 4.69) is 0 Å². The monoisotopic (exact) mass is 440 g/mol. The molecule has 0 unspecified atom stereocenters. The Kier molecular flexibility index (Phi) is 6.22. The summed E-state index contributed by atoms with van der Waals surface area (Å²) in [6.07, 6.45) is 4.67. The molecule has 3 aromatic rings. The summed E-state index contributed by atoms with van der Waals surface area (Å²) in [5.74, 6) is 0.0105. The van der Waals surface area contributed by atoms with Crippen LogP contribution in [-0.2, 0) is 4.79 Å². The van der Waals surface area contributed by atoms with Crippen molar-refractivity contribution in [2.75, 3.05) is 0 Å². The standard InChI is InChI=1S/C26H20N2O5/c29-26-22(14-18-6-10-24(11-7-18)27(30)31)16-21(20-4-2-1-3-5-20)17-23(26)15-19-8-12-25(13-9-19)28(32)33/h1-15,21H,16-17H2/b22-14+,23-15+. The molecule has 1 aliphatic rings. The highest BCUT2D eigenvalue weighted by Gasteiger charge is 2.28. The minimum atomic E-state index is -0.459. The van der Waals surface area contributed by atoms with Crippen LogP contribution < -0.4 is 0 Å². The number of carbonyl (C=O) groups is 1. The number of allylic oxidation sites excluding steroid dienone is 2. The average Bonchev–Trinajstić information content (AvgIpc) is 2.82. The predicted molar refractivity (Wildman–Crippen MR) is 126 cm³/mol. The third kappa shape index (κ3) is 5.10. The van der Waals surface area contributed by atoms with Gasteiger partial charge in [0.15, 0.2) is 5.78 Å². The molecule has 4 rings (SSSR count). The van der Waals surface area contributed by atoms with E-state index in [0.29, 0.717) is 35.1 Å².